The Morgan fingerprint density at radius 2 is 2.36 bits per heavy atom. The number of carbonyl (C=O) groups is 1. The third-order valence-electron chi connectivity index (χ3n) is 2.20. The zero-order valence-corrected chi connectivity index (χ0v) is 6.84. The Bertz CT molecular complexity index is 147. The molecule has 3 heteroatoms. The molecule has 64 valence electrons. The van der Waals surface area contributed by atoms with E-state index >= 15 is 0 Å². The van der Waals surface area contributed by atoms with Crippen molar-refractivity contribution in [3.63, 3.8) is 0 Å². The van der Waals surface area contributed by atoms with Gasteiger partial charge in [0.15, 0.2) is 0 Å². The average molecular weight is 157 g/mol. The molecule has 0 aromatic heterocycles. The maximum Gasteiger partial charge on any atom is 0.320 e. The standard InChI is InChI=1S/C8H15NO2/c1-6-3-2-4-9-7(5-6)8(10)11/h6-7,9H,2-5H2,1H3,(H,10,11). The highest BCUT2D eigenvalue weighted by atomic mass is 16.4. The molecule has 0 spiro atoms. The van der Waals surface area contributed by atoms with Crippen molar-refractivity contribution in [1.82, 2.24) is 5.32 Å². The SMILES string of the molecule is CC1CCCNC(C(=O)O)C1. The highest BCUT2D eigenvalue weighted by molar-refractivity contribution is 5.73. The zero-order chi connectivity index (χ0) is 8.27. The van der Waals surface area contributed by atoms with Crippen LogP contribution < -0.4 is 5.32 Å². The van der Waals surface area contributed by atoms with Crippen LogP contribution in [0.1, 0.15) is 26.2 Å². The summed E-state index contributed by atoms with van der Waals surface area (Å²) in [5, 5.41) is 11.7. The fraction of sp³-hybridized carbons (Fsp3) is 0.875. The molecule has 1 aliphatic heterocycles. The van der Waals surface area contributed by atoms with Gasteiger partial charge in [-0.05, 0) is 31.7 Å². The fourth-order valence-electron chi connectivity index (χ4n) is 1.52. The van der Waals surface area contributed by atoms with E-state index in [1.54, 1.807) is 0 Å². The first-order valence-electron chi connectivity index (χ1n) is 4.16. The first-order chi connectivity index (χ1) is 5.20. The van der Waals surface area contributed by atoms with Gasteiger partial charge in [-0.3, -0.25) is 4.79 Å². The Balaban J connectivity index is 2.45. The molecule has 1 heterocycles. The normalized spacial score (nSPS) is 32.8. The van der Waals surface area contributed by atoms with Crippen molar-refractivity contribution in [2.24, 2.45) is 5.92 Å². The second-order valence-corrected chi connectivity index (χ2v) is 3.33. The van der Waals surface area contributed by atoms with Crippen molar-refractivity contribution in [3.05, 3.63) is 0 Å². The van der Waals surface area contributed by atoms with Crippen LogP contribution in [0.25, 0.3) is 0 Å². The molecule has 11 heavy (non-hydrogen) atoms. The number of carboxylic acids is 1. The zero-order valence-electron chi connectivity index (χ0n) is 6.84. The quantitative estimate of drug-likeness (QED) is 0.593. The monoisotopic (exact) mass is 157 g/mol. The van der Waals surface area contributed by atoms with Crippen molar-refractivity contribution in [1.29, 1.82) is 0 Å². The van der Waals surface area contributed by atoms with Gasteiger partial charge in [0.1, 0.15) is 6.04 Å². The van der Waals surface area contributed by atoms with Crippen LogP contribution in [0, 0.1) is 5.92 Å². The summed E-state index contributed by atoms with van der Waals surface area (Å²) < 4.78 is 0. The molecular weight excluding hydrogens is 142 g/mol. The molecule has 0 radical (unpaired) electrons. The Kier molecular flexibility index (Phi) is 2.88. The van der Waals surface area contributed by atoms with Gasteiger partial charge in [0.25, 0.3) is 0 Å². The first-order valence-corrected chi connectivity index (χ1v) is 4.16. The largest absolute Gasteiger partial charge is 0.480 e. The maximum atomic E-state index is 10.6. The van der Waals surface area contributed by atoms with E-state index in [9.17, 15) is 4.79 Å². The van der Waals surface area contributed by atoms with Gasteiger partial charge >= 0.3 is 5.97 Å². The van der Waals surface area contributed by atoms with E-state index < -0.39 is 5.97 Å². The molecule has 1 saturated heterocycles. The third kappa shape index (κ3) is 2.50. The van der Waals surface area contributed by atoms with Crippen LogP contribution in [0.2, 0.25) is 0 Å². The van der Waals surface area contributed by atoms with Crippen LogP contribution >= 0.6 is 0 Å². The summed E-state index contributed by atoms with van der Waals surface area (Å²) >= 11 is 0. The molecule has 0 saturated carbocycles. The third-order valence-corrected chi connectivity index (χ3v) is 2.20. The smallest absolute Gasteiger partial charge is 0.320 e. The van der Waals surface area contributed by atoms with E-state index in [0.29, 0.717) is 5.92 Å². The van der Waals surface area contributed by atoms with Gasteiger partial charge in [0.2, 0.25) is 0 Å². The predicted octanol–water partition coefficient (Wildman–Crippen LogP) is 0.849. The van der Waals surface area contributed by atoms with E-state index in [1.807, 2.05) is 0 Å². The molecule has 2 N–H and O–H groups in total. The highest BCUT2D eigenvalue weighted by Crippen LogP contribution is 2.15. The summed E-state index contributed by atoms with van der Waals surface area (Å²) in [6.07, 6.45) is 3.02. The van der Waals surface area contributed by atoms with Gasteiger partial charge in [-0.1, -0.05) is 6.92 Å². The summed E-state index contributed by atoms with van der Waals surface area (Å²) in [6, 6.07) is -0.313. The van der Waals surface area contributed by atoms with Gasteiger partial charge < -0.3 is 10.4 Å². The molecule has 2 atom stereocenters. The molecule has 0 aromatic rings. The Labute approximate surface area is 66.8 Å². The number of hydrogen-bond acceptors (Lipinski definition) is 2. The van der Waals surface area contributed by atoms with Crippen molar-refractivity contribution >= 4 is 5.97 Å². The van der Waals surface area contributed by atoms with Gasteiger partial charge in [-0.25, -0.2) is 0 Å². The molecule has 0 amide bonds. The van der Waals surface area contributed by atoms with Crippen LogP contribution in [0.5, 0.6) is 0 Å². The minimum atomic E-state index is -0.709. The van der Waals surface area contributed by atoms with Crippen LogP contribution in [0.15, 0.2) is 0 Å². The lowest BCUT2D eigenvalue weighted by Crippen LogP contribution is -2.36. The molecule has 0 aliphatic carbocycles. The second kappa shape index (κ2) is 3.72. The lowest BCUT2D eigenvalue weighted by atomic mass is 9.99. The van der Waals surface area contributed by atoms with Crippen LogP contribution in [-0.2, 0) is 4.79 Å². The number of aliphatic carboxylic acids is 1. The lowest BCUT2D eigenvalue weighted by Gasteiger charge is -2.12. The summed E-state index contributed by atoms with van der Waals surface area (Å²) in [6.45, 7) is 2.96. The van der Waals surface area contributed by atoms with Gasteiger partial charge in [-0.15, -0.1) is 0 Å². The van der Waals surface area contributed by atoms with Crippen LogP contribution in [0.4, 0.5) is 0 Å². The second-order valence-electron chi connectivity index (χ2n) is 3.33. The van der Waals surface area contributed by atoms with Crippen molar-refractivity contribution < 1.29 is 9.90 Å². The van der Waals surface area contributed by atoms with E-state index in [4.69, 9.17) is 5.11 Å². The molecule has 1 rings (SSSR count). The molecule has 1 aliphatic rings. The molecule has 3 nitrogen and oxygen atoms in total. The van der Waals surface area contributed by atoms with Crippen molar-refractivity contribution in [3.8, 4) is 0 Å². The summed E-state index contributed by atoms with van der Waals surface area (Å²) in [5.41, 5.74) is 0. The summed E-state index contributed by atoms with van der Waals surface area (Å²) in [4.78, 5) is 10.6. The Morgan fingerprint density at radius 1 is 1.64 bits per heavy atom. The molecular formula is C8H15NO2. The number of hydrogen-bond donors (Lipinski definition) is 2. The van der Waals surface area contributed by atoms with E-state index in [0.717, 1.165) is 25.8 Å². The lowest BCUT2D eigenvalue weighted by molar-refractivity contribution is -0.139. The van der Waals surface area contributed by atoms with Gasteiger partial charge in [0, 0.05) is 0 Å². The topological polar surface area (TPSA) is 49.3 Å². The van der Waals surface area contributed by atoms with Crippen molar-refractivity contribution in [2.75, 3.05) is 6.54 Å². The average Bonchev–Trinajstić information content (AvgIpc) is 2.13. The Hall–Kier alpha value is -0.570. The molecule has 2 unspecified atom stereocenters. The van der Waals surface area contributed by atoms with Gasteiger partial charge in [0.05, 0.1) is 0 Å². The number of nitrogens with one attached hydrogen (secondary N) is 1. The minimum absolute atomic E-state index is 0.313. The predicted molar refractivity (Wildman–Crippen MR) is 42.4 cm³/mol. The summed E-state index contributed by atoms with van der Waals surface area (Å²) in [5.74, 6) is -0.162. The highest BCUT2D eigenvalue weighted by Gasteiger charge is 2.21. The first kappa shape index (κ1) is 8.53. The van der Waals surface area contributed by atoms with Crippen LogP contribution in [-0.4, -0.2) is 23.7 Å². The number of rotatable bonds is 1. The molecule has 0 aromatic carbocycles. The fourth-order valence-corrected chi connectivity index (χ4v) is 1.52. The van der Waals surface area contributed by atoms with Crippen LogP contribution in [0.3, 0.4) is 0 Å². The Morgan fingerprint density at radius 3 is 3.00 bits per heavy atom. The number of carboxylic acid groups (broad SMARTS) is 1. The molecule has 0 bridgehead atoms. The maximum absolute atomic E-state index is 10.6. The van der Waals surface area contributed by atoms with E-state index in [-0.39, 0.29) is 6.04 Å². The minimum Gasteiger partial charge on any atom is -0.480 e. The van der Waals surface area contributed by atoms with E-state index in [2.05, 4.69) is 12.2 Å². The van der Waals surface area contributed by atoms with Gasteiger partial charge in [-0.2, -0.15) is 0 Å². The van der Waals surface area contributed by atoms with E-state index in [1.165, 1.54) is 0 Å². The summed E-state index contributed by atoms with van der Waals surface area (Å²) in [7, 11) is 0. The molecule has 1 fully saturated rings. The van der Waals surface area contributed by atoms with Crippen molar-refractivity contribution in [2.45, 2.75) is 32.2 Å².